The van der Waals surface area contributed by atoms with Crippen LogP contribution in [0.25, 0.3) is 11.5 Å². The number of nitrogens with zero attached hydrogens (tertiary/aromatic N) is 2. The van der Waals surface area contributed by atoms with Gasteiger partial charge in [0.2, 0.25) is 11.8 Å². The van der Waals surface area contributed by atoms with Crippen LogP contribution in [0.5, 0.6) is 0 Å². The molecule has 0 atom stereocenters. The van der Waals surface area contributed by atoms with Crippen LogP contribution in [-0.4, -0.2) is 17.2 Å². The fourth-order valence-corrected chi connectivity index (χ4v) is 2.59. The second kappa shape index (κ2) is 7.17. The topological polar surface area (TPSA) is 63.0 Å². The maximum absolute atomic E-state index is 5.63. The van der Waals surface area contributed by atoms with Gasteiger partial charge >= 0.3 is 0 Å². The maximum Gasteiger partial charge on any atom is 0.247 e. The Morgan fingerprint density at radius 2 is 1.96 bits per heavy atom. The summed E-state index contributed by atoms with van der Waals surface area (Å²) in [5.41, 5.74) is 5.55. The Morgan fingerprint density at radius 3 is 2.71 bits per heavy atom. The van der Waals surface area contributed by atoms with E-state index < -0.39 is 0 Å². The highest BCUT2D eigenvalue weighted by Gasteiger charge is 2.08. The molecule has 0 saturated carbocycles. The lowest BCUT2D eigenvalue weighted by Gasteiger charge is -2.12. The molecular weight excluding hydrogens is 300 g/mol. The highest BCUT2D eigenvalue weighted by Crippen LogP contribution is 2.23. The minimum Gasteiger partial charge on any atom is -0.421 e. The van der Waals surface area contributed by atoms with Crippen LogP contribution in [0.4, 0.5) is 11.4 Å². The molecule has 5 nitrogen and oxygen atoms in total. The summed E-state index contributed by atoms with van der Waals surface area (Å²) >= 11 is 0. The van der Waals surface area contributed by atoms with E-state index in [1.54, 1.807) is 0 Å². The third-order valence-corrected chi connectivity index (χ3v) is 3.89. The van der Waals surface area contributed by atoms with E-state index in [-0.39, 0.29) is 0 Å². The van der Waals surface area contributed by atoms with Crippen molar-refractivity contribution in [2.45, 2.75) is 26.8 Å². The first-order valence-electron chi connectivity index (χ1n) is 8.13. The van der Waals surface area contributed by atoms with Gasteiger partial charge in [0.1, 0.15) is 0 Å². The third-order valence-electron chi connectivity index (χ3n) is 3.89. The Bertz CT molecular complexity index is 826. The minimum absolute atomic E-state index is 0.557. The summed E-state index contributed by atoms with van der Waals surface area (Å²) in [4.78, 5) is 0. The highest BCUT2D eigenvalue weighted by atomic mass is 16.4. The standard InChI is InChI=1S/C19H22N4O/c1-4-18-22-23-19(24-18)14-6-5-7-16(11-14)21-12-15-10-13(2)8-9-17(15)20-3/h5-11,20-21H,4,12H2,1-3H3. The quantitative estimate of drug-likeness (QED) is 0.710. The number of aryl methyl sites for hydroxylation is 2. The van der Waals surface area contributed by atoms with Crippen molar-refractivity contribution in [3.8, 4) is 11.5 Å². The molecule has 5 heteroatoms. The maximum atomic E-state index is 5.63. The van der Waals surface area contributed by atoms with Gasteiger partial charge in [-0.2, -0.15) is 0 Å². The number of benzene rings is 2. The lowest BCUT2D eigenvalue weighted by molar-refractivity contribution is 0.513. The number of nitrogens with one attached hydrogen (secondary N) is 2. The van der Waals surface area contributed by atoms with E-state index in [9.17, 15) is 0 Å². The largest absolute Gasteiger partial charge is 0.421 e. The predicted molar refractivity (Wildman–Crippen MR) is 97.2 cm³/mol. The zero-order valence-electron chi connectivity index (χ0n) is 14.3. The molecule has 0 unspecified atom stereocenters. The van der Waals surface area contributed by atoms with Crippen molar-refractivity contribution in [1.82, 2.24) is 10.2 Å². The van der Waals surface area contributed by atoms with Crippen molar-refractivity contribution in [1.29, 1.82) is 0 Å². The first kappa shape index (κ1) is 16.1. The molecule has 0 bridgehead atoms. The minimum atomic E-state index is 0.557. The SMILES string of the molecule is CCc1nnc(-c2cccc(NCc3cc(C)ccc3NC)c2)o1. The second-order valence-electron chi connectivity index (χ2n) is 5.70. The Labute approximate surface area is 142 Å². The molecular formula is C19H22N4O. The van der Waals surface area contributed by atoms with Gasteiger partial charge in [-0.25, -0.2) is 0 Å². The fraction of sp³-hybridized carbons (Fsp3) is 0.263. The number of hydrogen-bond donors (Lipinski definition) is 2. The molecule has 3 aromatic rings. The lowest BCUT2D eigenvalue weighted by Crippen LogP contribution is -2.03. The van der Waals surface area contributed by atoms with Crippen LogP contribution < -0.4 is 10.6 Å². The Balaban J connectivity index is 1.77. The van der Waals surface area contributed by atoms with E-state index in [0.29, 0.717) is 11.8 Å². The molecule has 0 aliphatic heterocycles. The monoisotopic (exact) mass is 322 g/mol. The van der Waals surface area contributed by atoms with Crippen LogP contribution in [0.2, 0.25) is 0 Å². The van der Waals surface area contributed by atoms with Crippen LogP contribution >= 0.6 is 0 Å². The van der Waals surface area contributed by atoms with Gasteiger partial charge in [0.05, 0.1) is 0 Å². The highest BCUT2D eigenvalue weighted by molar-refractivity contribution is 5.62. The zero-order valence-corrected chi connectivity index (χ0v) is 14.3. The van der Waals surface area contributed by atoms with Crippen molar-refractivity contribution in [3.63, 3.8) is 0 Å². The van der Waals surface area contributed by atoms with E-state index in [2.05, 4.69) is 46.0 Å². The van der Waals surface area contributed by atoms with Gasteiger partial charge in [0, 0.05) is 37.0 Å². The molecule has 0 aliphatic carbocycles. The van der Waals surface area contributed by atoms with Gasteiger partial charge in [-0.05, 0) is 36.8 Å². The summed E-state index contributed by atoms with van der Waals surface area (Å²) in [5, 5.41) is 14.8. The molecule has 0 fully saturated rings. The van der Waals surface area contributed by atoms with E-state index in [0.717, 1.165) is 29.9 Å². The number of hydrogen-bond acceptors (Lipinski definition) is 5. The van der Waals surface area contributed by atoms with Crippen molar-refractivity contribution in [2.75, 3.05) is 17.7 Å². The summed E-state index contributed by atoms with van der Waals surface area (Å²) in [5.74, 6) is 1.21. The zero-order chi connectivity index (χ0) is 16.9. The van der Waals surface area contributed by atoms with Crippen LogP contribution in [-0.2, 0) is 13.0 Å². The van der Waals surface area contributed by atoms with Gasteiger partial charge in [0.15, 0.2) is 0 Å². The van der Waals surface area contributed by atoms with Gasteiger partial charge in [-0.1, -0.05) is 30.7 Å². The van der Waals surface area contributed by atoms with E-state index in [4.69, 9.17) is 4.42 Å². The Kier molecular flexibility index (Phi) is 4.79. The molecule has 24 heavy (non-hydrogen) atoms. The average molecular weight is 322 g/mol. The summed E-state index contributed by atoms with van der Waals surface area (Å²) in [6, 6.07) is 14.4. The van der Waals surface area contributed by atoms with Crippen LogP contribution in [0, 0.1) is 6.92 Å². The van der Waals surface area contributed by atoms with Crippen molar-refractivity contribution in [2.24, 2.45) is 0 Å². The van der Waals surface area contributed by atoms with Gasteiger partial charge < -0.3 is 15.1 Å². The smallest absolute Gasteiger partial charge is 0.247 e. The first-order valence-corrected chi connectivity index (χ1v) is 8.13. The molecule has 2 N–H and O–H groups in total. The molecule has 0 aliphatic rings. The van der Waals surface area contributed by atoms with Crippen molar-refractivity contribution >= 4 is 11.4 Å². The van der Waals surface area contributed by atoms with Crippen LogP contribution in [0.1, 0.15) is 23.9 Å². The number of anilines is 2. The van der Waals surface area contributed by atoms with Crippen LogP contribution in [0.15, 0.2) is 46.9 Å². The molecule has 1 heterocycles. The molecule has 0 amide bonds. The van der Waals surface area contributed by atoms with Gasteiger partial charge in [0.25, 0.3) is 0 Å². The lowest BCUT2D eigenvalue weighted by atomic mass is 10.1. The average Bonchev–Trinajstić information content (AvgIpc) is 3.09. The van der Waals surface area contributed by atoms with E-state index >= 15 is 0 Å². The molecule has 0 radical (unpaired) electrons. The summed E-state index contributed by atoms with van der Waals surface area (Å²) in [6.45, 7) is 4.84. The summed E-state index contributed by atoms with van der Waals surface area (Å²) in [7, 11) is 1.94. The molecule has 3 rings (SSSR count). The Hall–Kier alpha value is -2.82. The molecule has 0 saturated heterocycles. The molecule has 124 valence electrons. The second-order valence-corrected chi connectivity index (χ2v) is 5.70. The van der Waals surface area contributed by atoms with Crippen LogP contribution in [0.3, 0.4) is 0 Å². The Morgan fingerprint density at radius 1 is 1.08 bits per heavy atom. The van der Waals surface area contributed by atoms with Crippen molar-refractivity contribution < 1.29 is 4.42 Å². The number of aromatic nitrogens is 2. The van der Waals surface area contributed by atoms with Gasteiger partial charge in [-0.15, -0.1) is 10.2 Å². The summed E-state index contributed by atoms with van der Waals surface area (Å²) in [6.07, 6.45) is 0.741. The normalized spacial score (nSPS) is 10.6. The number of rotatable bonds is 6. The fourth-order valence-electron chi connectivity index (χ4n) is 2.59. The van der Waals surface area contributed by atoms with E-state index in [1.165, 1.54) is 11.1 Å². The van der Waals surface area contributed by atoms with E-state index in [1.807, 2.05) is 38.2 Å². The van der Waals surface area contributed by atoms with Gasteiger partial charge in [-0.3, -0.25) is 0 Å². The van der Waals surface area contributed by atoms with Crippen molar-refractivity contribution in [3.05, 3.63) is 59.5 Å². The predicted octanol–water partition coefficient (Wildman–Crippen LogP) is 4.26. The summed E-state index contributed by atoms with van der Waals surface area (Å²) < 4.78 is 5.63. The molecule has 0 spiro atoms. The molecule has 1 aromatic heterocycles. The first-order chi connectivity index (χ1) is 11.7. The molecule has 2 aromatic carbocycles. The third kappa shape index (κ3) is 3.56.